The number of fused-ring (bicyclic) bond motifs is 1. The van der Waals surface area contributed by atoms with Crippen LogP contribution < -0.4 is 5.73 Å². The molecule has 1 heterocycles. The maximum atomic E-state index is 13.0. The summed E-state index contributed by atoms with van der Waals surface area (Å²) in [5, 5.41) is 0.926. The lowest BCUT2D eigenvalue weighted by atomic mass is 10.2. The molecule has 2 rings (SSSR count). The third-order valence-corrected chi connectivity index (χ3v) is 2.33. The third kappa shape index (κ3) is 1.91. The fourth-order valence-corrected chi connectivity index (χ4v) is 1.53. The highest BCUT2D eigenvalue weighted by atomic mass is 35.5. The summed E-state index contributed by atoms with van der Waals surface area (Å²) < 4.78 is 13.0. The molecule has 0 aliphatic carbocycles. The van der Waals surface area contributed by atoms with E-state index in [1.54, 1.807) is 13.0 Å². The standard InChI is InChI=1S/C10H9ClFN3/c1-5(13)10-14-8-4-6(12)2-3-7(8)9(11)15-10/h2-5H,13H2,1H3. The molecule has 3 nitrogen and oxygen atoms in total. The van der Waals surface area contributed by atoms with Gasteiger partial charge >= 0.3 is 0 Å². The predicted molar refractivity (Wildman–Crippen MR) is 57.1 cm³/mol. The van der Waals surface area contributed by atoms with Gasteiger partial charge in [0.05, 0.1) is 11.6 Å². The molecule has 1 atom stereocenters. The normalized spacial score (nSPS) is 13.1. The molecule has 15 heavy (non-hydrogen) atoms. The highest BCUT2D eigenvalue weighted by Gasteiger charge is 2.09. The summed E-state index contributed by atoms with van der Waals surface area (Å²) in [6.07, 6.45) is 0. The van der Waals surface area contributed by atoms with E-state index in [4.69, 9.17) is 17.3 Å². The Bertz CT molecular complexity index is 513. The zero-order chi connectivity index (χ0) is 11.0. The molecule has 0 radical (unpaired) electrons. The molecule has 0 fully saturated rings. The number of nitrogens with two attached hydrogens (primary N) is 1. The van der Waals surface area contributed by atoms with E-state index >= 15 is 0 Å². The molecule has 0 aliphatic rings. The molecule has 0 bridgehead atoms. The molecule has 0 saturated heterocycles. The van der Waals surface area contributed by atoms with Crippen molar-refractivity contribution in [2.24, 2.45) is 5.73 Å². The van der Waals surface area contributed by atoms with Gasteiger partial charge in [-0.2, -0.15) is 0 Å². The van der Waals surface area contributed by atoms with Gasteiger partial charge in [0.1, 0.15) is 16.8 Å². The van der Waals surface area contributed by atoms with Crippen LogP contribution in [0.4, 0.5) is 4.39 Å². The van der Waals surface area contributed by atoms with E-state index in [0.717, 1.165) is 0 Å². The summed E-state index contributed by atoms with van der Waals surface area (Å²) >= 11 is 5.93. The fourth-order valence-electron chi connectivity index (χ4n) is 1.28. The lowest BCUT2D eigenvalue weighted by molar-refractivity contribution is 0.629. The van der Waals surface area contributed by atoms with Gasteiger partial charge in [0.15, 0.2) is 0 Å². The van der Waals surface area contributed by atoms with Gasteiger partial charge < -0.3 is 5.73 Å². The Morgan fingerprint density at radius 2 is 2.13 bits per heavy atom. The van der Waals surface area contributed by atoms with Gasteiger partial charge in [-0.25, -0.2) is 14.4 Å². The summed E-state index contributed by atoms with van der Waals surface area (Å²) in [7, 11) is 0. The van der Waals surface area contributed by atoms with E-state index in [-0.39, 0.29) is 11.9 Å². The number of hydrogen-bond donors (Lipinski definition) is 1. The van der Waals surface area contributed by atoms with Crippen LogP contribution in [0.25, 0.3) is 10.9 Å². The highest BCUT2D eigenvalue weighted by Crippen LogP contribution is 2.22. The van der Waals surface area contributed by atoms with Gasteiger partial charge in [0.2, 0.25) is 0 Å². The SMILES string of the molecule is CC(N)c1nc(Cl)c2ccc(F)cc2n1. The van der Waals surface area contributed by atoms with Gasteiger partial charge in [0, 0.05) is 11.5 Å². The van der Waals surface area contributed by atoms with Crippen molar-refractivity contribution < 1.29 is 4.39 Å². The van der Waals surface area contributed by atoms with Crippen molar-refractivity contribution in [3.8, 4) is 0 Å². The quantitative estimate of drug-likeness (QED) is 0.759. The lowest BCUT2D eigenvalue weighted by Gasteiger charge is -2.06. The van der Waals surface area contributed by atoms with Crippen molar-refractivity contribution in [1.82, 2.24) is 9.97 Å². The van der Waals surface area contributed by atoms with Gasteiger partial charge in [-0.1, -0.05) is 11.6 Å². The van der Waals surface area contributed by atoms with Crippen molar-refractivity contribution in [1.29, 1.82) is 0 Å². The summed E-state index contributed by atoms with van der Waals surface area (Å²) in [6.45, 7) is 1.75. The molecule has 2 N–H and O–H groups in total. The van der Waals surface area contributed by atoms with E-state index in [1.165, 1.54) is 12.1 Å². The summed E-state index contributed by atoms with van der Waals surface area (Å²) in [6, 6.07) is 3.87. The first-order valence-electron chi connectivity index (χ1n) is 4.46. The van der Waals surface area contributed by atoms with E-state index in [1.807, 2.05) is 0 Å². The number of nitrogens with zero attached hydrogens (tertiary/aromatic N) is 2. The zero-order valence-corrected chi connectivity index (χ0v) is 8.79. The zero-order valence-electron chi connectivity index (χ0n) is 8.04. The Hall–Kier alpha value is -1.26. The summed E-state index contributed by atoms with van der Waals surface area (Å²) in [5.74, 6) is 0.0611. The number of hydrogen-bond acceptors (Lipinski definition) is 3. The fraction of sp³-hybridized carbons (Fsp3) is 0.200. The largest absolute Gasteiger partial charge is 0.322 e. The highest BCUT2D eigenvalue weighted by molar-refractivity contribution is 6.34. The molecule has 0 spiro atoms. The van der Waals surface area contributed by atoms with Crippen LogP contribution in [-0.2, 0) is 0 Å². The second kappa shape index (κ2) is 3.72. The van der Waals surface area contributed by atoms with Crippen LogP contribution in [0, 0.1) is 5.82 Å². The number of aromatic nitrogens is 2. The van der Waals surface area contributed by atoms with E-state index in [2.05, 4.69) is 9.97 Å². The minimum atomic E-state index is -0.354. The lowest BCUT2D eigenvalue weighted by Crippen LogP contribution is -2.10. The van der Waals surface area contributed by atoms with Crippen molar-refractivity contribution in [3.63, 3.8) is 0 Å². The smallest absolute Gasteiger partial charge is 0.147 e. The second-order valence-electron chi connectivity index (χ2n) is 3.32. The molecule has 78 valence electrons. The Balaban J connectivity index is 2.74. The Labute approximate surface area is 91.1 Å². The Morgan fingerprint density at radius 3 is 2.80 bits per heavy atom. The van der Waals surface area contributed by atoms with Crippen LogP contribution in [0.2, 0.25) is 5.15 Å². The Morgan fingerprint density at radius 1 is 1.40 bits per heavy atom. The van der Waals surface area contributed by atoms with Crippen LogP contribution in [0.1, 0.15) is 18.8 Å². The number of halogens is 2. The predicted octanol–water partition coefficient (Wildman–Crippen LogP) is 2.44. The van der Waals surface area contributed by atoms with E-state index in [9.17, 15) is 4.39 Å². The van der Waals surface area contributed by atoms with Gasteiger partial charge in [-0.05, 0) is 19.1 Å². The third-order valence-electron chi connectivity index (χ3n) is 2.04. The monoisotopic (exact) mass is 225 g/mol. The molecule has 5 heteroatoms. The van der Waals surface area contributed by atoms with Crippen molar-refractivity contribution in [2.75, 3.05) is 0 Å². The topological polar surface area (TPSA) is 51.8 Å². The van der Waals surface area contributed by atoms with Gasteiger partial charge in [-0.15, -0.1) is 0 Å². The average molecular weight is 226 g/mol. The molecular weight excluding hydrogens is 217 g/mol. The summed E-state index contributed by atoms with van der Waals surface area (Å²) in [4.78, 5) is 8.17. The van der Waals surface area contributed by atoms with Crippen LogP contribution in [-0.4, -0.2) is 9.97 Å². The van der Waals surface area contributed by atoms with Gasteiger partial charge in [0.25, 0.3) is 0 Å². The van der Waals surface area contributed by atoms with Crippen LogP contribution >= 0.6 is 11.6 Å². The molecular formula is C10H9ClFN3. The van der Waals surface area contributed by atoms with Crippen molar-refractivity contribution in [2.45, 2.75) is 13.0 Å². The molecule has 1 aromatic carbocycles. The molecule has 0 saturated carbocycles. The number of rotatable bonds is 1. The molecule has 1 unspecified atom stereocenters. The maximum Gasteiger partial charge on any atom is 0.147 e. The minimum Gasteiger partial charge on any atom is -0.322 e. The molecule has 1 aromatic heterocycles. The maximum absolute atomic E-state index is 13.0. The number of benzene rings is 1. The van der Waals surface area contributed by atoms with Crippen LogP contribution in [0.5, 0.6) is 0 Å². The minimum absolute atomic E-state index is 0.298. The Kier molecular flexibility index (Phi) is 2.54. The van der Waals surface area contributed by atoms with Crippen LogP contribution in [0.15, 0.2) is 18.2 Å². The van der Waals surface area contributed by atoms with E-state index in [0.29, 0.717) is 21.9 Å². The van der Waals surface area contributed by atoms with Crippen molar-refractivity contribution >= 4 is 22.5 Å². The van der Waals surface area contributed by atoms with E-state index < -0.39 is 0 Å². The molecule has 0 amide bonds. The van der Waals surface area contributed by atoms with Gasteiger partial charge in [-0.3, -0.25) is 0 Å². The first-order chi connectivity index (χ1) is 7.08. The second-order valence-corrected chi connectivity index (χ2v) is 3.68. The first-order valence-corrected chi connectivity index (χ1v) is 4.84. The molecule has 2 aromatic rings. The summed E-state index contributed by atoms with van der Waals surface area (Å²) in [5.41, 5.74) is 6.11. The average Bonchev–Trinajstić information content (AvgIpc) is 2.16. The first kappa shape index (κ1) is 10.3. The van der Waals surface area contributed by atoms with Crippen LogP contribution in [0.3, 0.4) is 0 Å². The van der Waals surface area contributed by atoms with Crippen molar-refractivity contribution in [3.05, 3.63) is 35.0 Å². The molecule has 0 aliphatic heterocycles.